The molecule has 0 fully saturated rings. The van der Waals surface area contributed by atoms with Crippen LogP contribution in [0, 0.1) is 17.6 Å². The van der Waals surface area contributed by atoms with Gasteiger partial charge in [0.1, 0.15) is 17.3 Å². The maximum atomic E-state index is 14.4. The van der Waals surface area contributed by atoms with Crippen LogP contribution in [0.3, 0.4) is 0 Å². The highest BCUT2D eigenvalue weighted by molar-refractivity contribution is 8.26. The molecule has 0 amide bonds. The van der Waals surface area contributed by atoms with Crippen LogP contribution in [0.4, 0.5) is 20.2 Å². The standard InChI is InChI=1S/C17H20F2N2O3S/c1-11(8-9-20)17-24-16-10-12(18)6-7-15(16)21(25(17,22)23)14-5-3-2-4-13(14)19/h2-7,10-11,17,22-23H,8-9,20H2,1H3. The third kappa shape index (κ3) is 3.18. The maximum Gasteiger partial charge on any atom is 0.209 e. The Morgan fingerprint density at radius 3 is 2.60 bits per heavy atom. The third-order valence-electron chi connectivity index (χ3n) is 4.12. The van der Waals surface area contributed by atoms with Gasteiger partial charge >= 0.3 is 0 Å². The first kappa shape index (κ1) is 17.9. The molecule has 0 radical (unpaired) electrons. The van der Waals surface area contributed by atoms with E-state index in [2.05, 4.69) is 0 Å². The lowest BCUT2D eigenvalue weighted by atomic mass is 10.1. The van der Waals surface area contributed by atoms with Crippen molar-refractivity contribution in [3.63, 3.8) is 0 Å². The van der Waals surface area contributed by atoms with Crippen LogP contribution in [0.2, 0.25) is 0 Å². The van der Waals surface area contributed by atoms with E-state index >= 15 is 0 Å². The predicted molar refractivity (Wildman–Crippen MR) is 95.0 cm³/mol. The molecule has 136 valence electrons. The van der Waals surface area contributed by atoms with Crippen LogP contribution in [-0.2, 0) is 0 Å². The number of nitrogens with two attached hydrogens (primary N) is 1. The number of hydrogen-bond acceptors (Lipinski definition) is 5. The summed E-state index contributed by atoms with van der Waals surface area (Å²) in [5.41, 5.74) is 4.69. The first-order valence-corrected chi connectivity index (χ1v) is 9.41. The molecule has 2 aromatic rings. The Morgan fingerprint density at radius 1 is 1.20 bits per heavy atom. The number of anilines is 2. The molecule has 4 N–H and O–H groups in total. The van der Waals surface area contributed by atoms with Gasteiger partial charge in [0, 0.05) is 12.0 Å². The van der Waals surface area contributed by atoms with Crippen LogP contribution in [0.25, 0.3) is 0 Å². The average Bonchev–Trinajstić information content (AvgIpc) is 2.55. The van der Waals surface area contributed by atoms with Gasteiger partial charge in [0.05, 0.1) is 5.69 Å². The highest BCUT2D eigenvalue weighted by Crippen LogP contribution is 2.62. The molecule has 2 atom stereocenters. The zero-order valence-corrected chi connectivity index (χ0v) is 14.4. The minimum absolute atomic E-state index is 0.0105. The molecule has 5 nitrogen and oxygen atoms in total. The van der Waals surface area contributed by atoms with Gasteiger partial charge in [-0.05, 0) is 37.2 Å². The van der Waals surface area contributed by atoms with E-state index < -0.39 is 27.8 Å². The SMILES string of the molecule is CC(CCN)C1Oc2cc(F)ccc2N(c2ccccc2F)S1(O)O. The minimum atomic E-state index is -3.59. The van der Waals surface area contributed by atoms with Gasteiger partial charge in [-0.1, -0.05) is 29.8 Å². The average molecular weight is 370 g/mol. The molecule has 8 heteroatoms. The molecule has 0 aliphatic carbocycles. The maximum absolute atomic E-state index is 14.4. The summed E-state index contributed by atoms with van der Waals surface area (Å²) in [7, 11) is -3.59. The van der Waals surface area contributed by atoms with Crippen LogP contribution in [-0.4, -0.2) is 21.1 Å². The largest absolute Gasteiger partial charge is 0.466 e. The number of nitrogens with zero attached hydrogens (tertiary/aromatic N) is 1. The lowest BCUT2D eigenvalue weighted by molar-refractivity contribution is 0.188. The molecular weight excluding hydrogens is 350 g/mol. The van der Waals surface area contributed by atoms with Gasteiger partial charge in [-0.25, -0.2) is 13.1 Å². The van der Waals surface area contributed by atoms with Crippen molar-refractivity contribution >= 4 is 22.2 Å². The van der Waals surface area contributed by atoms with E-state index in [4.69, 9.17) is 10.5 Å². The van der Waals surface area contributed by atoms with E-state index in [0.29, 0.717) is 13.0 Å². The van der Waals surface area contributed by atoms with E-state index in [-0.39, 0.29) is 23.0 Å². The molecule has 1 aliphatic heterocycles. The van der Waals surface area contributed by atoms with Gasteiger partial charge in [0.2, 0.25) is 5.44 Å². The second-order valence-electron chi connectivity index (χ2n) is 5.96. The molecule has 0 saturated heterocycles. The molecule has 2 unspecified atom stereocenters. The van der Waals surface area contributed by atoms with Gasteiger partial charge in [-0.15, -0.1) is 0 Å². The van der Waals surface area contributed by atoms with Gasteiger partial charge in [0.15, 0.2) is 5.75 Å². The zero-order chi connectivity index (χ0) is 18.2. The first-order valence-electron chi connectivity index (χ1n) is 7.84. The van der Waals surface area contributed by atoms with Crippen molar-refractivity contribution in [2.75, 3.05) is 10.8 Å². The Hall–Kier alpha value is -1.87. The number of benzene rings is 2. The van der Waals surface area contributed by atoms with Gasteiger partial charge < -0.3 is 10.5 Å². The Kier molecular flexibility index (Phi) is 4.88. The second-order valence-corrected chi connectivity index (χ2v) is 7.91. The number of halogens is 2. The molecule has 2 aromatic carbocycles. The van der Waals surface area contributed by atoms with Crippen molar-refractivity contribution in [1.29, 1.82) is 0 Å². The van der Waals surface area contributed by atoms with Gasteiger partial charge in [0.25, 0.3) is 0 Å². The number of fused-ring (bicyclic) bond motifs is 1. The van der Waals surface area contributed by atoms with Gasteiger partial charge in [-0.2, -0.15) is 0 Å². The summed E-state index contributed by atoms with van der Waals surface area (Å²) < 4.78 is 56.7. The molecular formula is C17H20F2N2O3S. The highest BCUT2D eigenvalue weighted by Gasteiger charge is 2.44. The second kappa shape index (κ2) is 6.80. The molecule has 1 aliphatic rings. The van der Waals surface area contributed by atoms with E-state index in [1.54, 1.807) is 13.0 Å². The molecule has 0 spiro atoms. The van der Waals surface area contributed by atoms with E-state index in [9.17, 15) is 17.9 Å². The highest BCUT2D eigenvalue weighted by atomic mass is 32.3. The van der Waals surface area contributed by atoms with Crippen molar-refractivity contribution < 1.29 is 22.6 Å². The summed E-state index contributed by atoms with van der Waals surface area (Å²) in [4.78, 5) is 0. The lowest BCUT2D eigenvalue weighted by Crippen LogP contribution is -2.43. The fourth-order valence-electron chi connectivity index (χ4n) is 2.91. The monoisotopic (exact) mass is 370 g/mol. The number of rotatable bonds is 4. The quantitative estimate of drug-likeness (QED) is 0.740. The molecule has 25 heavy (non-hydrogen) atoms. The van der Waals surface area contributed by atoms with Gasteiger partial charge in [-0.3, -0.25) is 9.11 Å². The summed E-state index contributed by atoms with van der Waals surface area (Å²) in [6, 6.07) is 9.41. The summed E-state index contributed by atoms with van der Waals surface area (Å²) in [5, 5.41) is 0. The summed E-state index contributed by atoms with van der Waals surface area (Å²) in [5.74, 6) is -1.36. The number of para-hydroxylation sites is 1. The van der Waals surface area contributed by atoms with Crippen molar-refractivity contribution in [2.45, 2.75) is 18.8 Å². The third-order valence-corrected chi connectivity index (χ3v) is 6.24. The van der Waals surface area contributed by atoms with Crippen molar-refractivity contribution in [3.05, 3.63) is 54.1 Å². The number of hydrogen-bond donors (Lipinski definition) is 3. The Balaban J connectivity index is 2.18. The summed E-state index contributed by atoms with van der Waals surface area (Å²) in [6.07, 6.45) is 0.469. The fraction of sp³-hybridized carbons (Fsp3) is 0.294. The van der Waals surface area contributed by atoms with Crippen LogP contribution >= 0.6 is 10.8 Å². The smallest absolute Gasteiger partial charge is 0.209 e. The normalized spacial score (nSPS) is 21.2. The molecule has 1 heterocycles. The fourth-order valence-corrected chi connectivity index (χ4v) is 4.98. The number of ether oxygens (including phenoxy) is 1. The van der Waals surface area contributed by atoms with Crippen LogP contribution < -0.4 is 14.8 Å². The van der Waals surface area contributed by atoms with Crippen LogP contribution in [0.15, 0.2) is 42.5 Å². The summed E-state index contributed by atoms with van der Waals surface area (Å²) in [6.45, 7) is 2.09. The molecule has 0 aromatic heterocycles. The molecule has 0 bridgehead atoms. The van der Waals surface area contributed by atoms with Crippen molar-refractivity contribution in [1.82, 2.24) is 0 Å². The van der Waals surface area contributed by atoms with Crippen LogP contribution in [0.1, 0.15) is 13.3 Å². The lowest BCUT2D eigenvalue weighted by Gasteiger charge is -2.53. The van der Waals surface area contributed by atoms with E-state index in [0.717, 1.165) is 16.4 Å². The van der Waals surface area contributed by atoms with Crippen molar-refractivity contribution in [2.24, 2.45) is 11.7 Å². The topological polar surface area (TPSA) is 79.0 Å². The molecule has 0 saturated carbocycles. The van der Waals surface area contributed by atoms with E-state index in [1.807, 2.05) is 0 Å². The van der Waals surface area contributed by atoms with E-state index in [1.165, 1.54) is 24.3 Å². The predicted octanol–water partition coefficient (Wildman–Crippen LogP) is 4.47. The minimum Gasteiger partial charge on any atom is -0.466 e. The Morgan fingerprint density at radius 2 is 1.92 bits per heavy atom. The Labute approximate surface area is 146 Å². The molecule has 3 rings (SSSR count). The summed E-state index contributed by atoms with van der Waals surface area (Å²) >= 11 is 0. The Bertz CT molecular complexity index is 775. The van der Waals surface area contributed by atoms with Crippen LogP contribution in [0.5, 0.6) is 5.75 Å². The first-order chi connectivity index (χ1) is 11.9. The van der Waals surface area contributed by atoms with Crippen molar-refractivity contribution in [3.8, 4) is 5.75 Å². The zero-order valence-electron chi connectivity index (χ0n) is 13.6.